The molecule has 2 heterocycles. The average Bonchev–Trinajstić information content (AvgIpc) is 2.77. The van der Waals surface area contributed by atoms with Crippen LogP contribution in [0.4, 0.5) is 5.69 Å². The van der Waals surface area contributed by atoms with Gasteiger partial charge in [0.1, 0.15) is 11.7 Å². The number of benzene rings is 1. The van der Waals surface area contributed by atoms with Gasteiger partial charge in [-0.15, -0.1) is 0 Å². The summed E-state index contributed by atoms with van der Waals surface area (Å²) in [6.07, 6.45) is 3.13. The minimum Gasteiger partial charge on any atom is -0.436 e. The summed E-state index contributed by atoms with van der Waals surface area (Å²) in [5.41, 5.74) is 8.26. The van der Waals surface area contributed by atoms with Crippen LogP contribution in [0.25, 0.3) is 11.0 Å². The van der Waals surface area contributed by atoms with Gasteiger partial charge in [-0.05, 0) is 24.6 Å². The standard InChI is InChI=1S/C13H13N5O/c1-8-3-4-10(14)11(5-8)19-13-9-6-17-18(2)12(9)15-7-16-13/h3-7H,14H2,1-2H3. The van der Waals surface area contributed by atoms with Crippen LogP contribution in [0.3, 0.4) is 0 Å². The highest BCUT2D eigenvalue weighted by Gasteiger charge is 2.11. The van der Waals surface area contributed by atoms with Crippen LogP contribution >= 0.6 is 0 Å². The second-order valence-corrected chi connectivity index (χ2v) is 4.33. The minimum absolute atomic E-state index is 0.454. The van der Waals surface area contributed by atoms with E-state index in [0.717, 1.165) is 16.6 Å². The molecule has 2 N–H and O–H groups in total. The predicted molar refractivity (Wildman–Crippen MR) is 72.0 cm³/mol. The number of hydrogen-bond acceptors (Lipinski definition) is 5. The molecule has 0 unspecified atom stereocenters. The van der Waals surface area contributed by atoms with Crippen LogP contribution in [-0.4, -0.2) is 19.7 Å². The summed E-state index contributed by atoms with van der Waals surface area (Å²) in [6.45, 7) is 1.98. The molecule has 0 amide bonds. The van der Waals surface area contributed by atoms with Crippen LogP contribution in [0.1, 0.15) is 5.56 Å². The monoisotopic (exact) mass is 255 g/mol. The number of anilines is 1. The van der Waals surface area contributed by atoms with Crippen molar-refractivity contribution in [3.8, 4) is 11.6 Å². The number of nitrogens with two attached hydrogens (primary N) is 1. The zero-order valence-corrected chi connectivity index (χ0v) is 10.7. The lowest BCUT2D eigenvalue weighted by Gasteiger charge is -2.08. The summed E-state index contributed by atoms with van der Waals surface area (Å²) < 4.78 is 7.46. The zero-order chi connectivity index (χ0) is 13.4. The molecule has 0 aliphatic rings. The minimum atomic E-state index is 0.454. The topological polar surface area (TPSA) is 78.8 Å². The van der Waals surface area contributed by atoms with Gasteiger partial charge in [0.05, 0.1) is 11.9 Å². The molecule has 96 valence electrons. The smallest absolute Gasteiger partial charge is 0.233 e. The molecule has 2 aromatic heterocycles. The average molecular weight is 255 g/mol. The normalized spacial score (nSPS) is 10.8. The number of nitrogen functional groups attached to an aromatic ring is 1. The van der Waals surface area contributed by atoms with Crippen LogP contribution in [-0.2, 0) is 7.05 Å². The maximum atomic E-state index is 5.90. The van der Waals surface area contributed by atoms with Gasteiger partial charge in [0.15, 0.2) is 11.4 Å². The Morgan fingerprint density at radius 2 is 2.11 bits per heavy atom. The molecule has 0 saturated carbocycles. The van der Waals surface area contributed by atoms with Crippen molar-refractivity contribution in [1.29, 1.82) is 0 Å². The molecule has 6 heteroatoms. The van der Waals surface area contributed by atoms with Crippen LogP contribution in [0, 0.1) is 6.92 Å². The van der Waals surface area contributed by atoms with Crippen LogP contribution in [0.2, 0.25) is 0 Å². The van der Waals surface area contributed by atoms with Gasteiger partial charge >= 0.3 is 0 Å². The molecule has 3 rings (SSSR count). The fourth-order valence-electron chi connectivity index (χ4n) is 1.86. The summed E-state index contributed by atoms with van der Waals surface area (Å²) in [4.78, 5) is 8.31. The van der Waals surface area contributed by atoms with E-state index in [1.165, 1.54) is 6.33 Å². The Morgan fingerprint density at radius 1 is 1.26 bits per heavy atom. The Kier molecular flexibility index (Phi) is 2.56. The van der Waals surface area contributed by atoms with Crippen molar-refractivity contribution in [2.45, 2.75) is 6.92 Å². The van der Waals surface area contributed by atoms with Gasteiger partial charge in [-0.3, -0.25) is 4.68 Å². The second-order valence-electron chi connectivity index (χ2n) is 4.33. The van der Waals surface area contributed by atoms with Crippen molar-refractivity contribution in [3.63, 3.8) is 0 Å². The predicted octanol–water partition coefficient (Wildman–Crippen LogP) is 2.05. The number of nitrogens with zero attached hydrogens (tertiary/aromatic N) is 4. The first-order valence-corrected chi connectivity index (χ1v) is 5.82. The summed E-state index contributed by atoms with van der Waals surface area (Å²) in [5.74, 6) is 1.04. The zero-order valence-electron chi connectivity index (χ0n) is 10.7. The van der Waals surface area contributed by atoms with Crippen molar-refractivity contribution in [2.75, 3.05) is 5.73 Å². The molecule has 0 fully saturated rings. The number of aromatic nitrogens is 4. The van der Waals surface area contributed by atoms with Crippen molar-refractivity contribution in [1.82, 2.24) is 19.7 Å². The van der Waals surface area contributed by atoms with E-state index in [4.69, 9.17) is 10.5 Å². The molecule has 0 radical (unpaired) electrons. The Hall–Kier alpha value is -2.63. The fourth-order valence-corrected chi connectivity index (χ4v) is 1.86. The highest BCUT2D eigenvalue weighted by atomic mass is 16.5. The third kappa shape index (κ3) is 1.97. The van der Waals surface area contributed by atoms with E-state index in [1.54, 1.807) is 10.9 Å². The molecule has 0 aliphatic carbocycles. The molecule has 0 bridgehead atoms. The van der Waals surface area contributed by atoms with Gasteiger partial charge in [-0.1, -0.05) is 6.07 Å². The van der Waals surface area contributed by atoms with Crippen LogP contribution in [0.15, 0.2) is 30.7 Å². The third-order valence-electron chi connectivity index (χ3n) is 2.87. The third-order valence-corrected chi connectivity index (χ3v) is 2.87. The van der Waals surface area contributed by atoms with Crippen LogP contribution < -0.4 is 10.5 Å². The van der Waals surface area contributed by atoms with Gasteiger partial charge in [-0.25, -0.2) is 9.97 Å². The summed E-state index contributed by atoms with van der Waals surface area (Å²) in [6, 6.07) is 5.62. The molecule has 0 spiro atoms. The lowest BCUT2D eigenvalue weighted by atomic mass is 10.2. The van der Waals surface area contributed by atoms with E-state index in [9.17, 15) is 0 Å². The molecular formula is C13H13N5O. The molecule has 19 heavy (non-hydrogen) atoms. The van der Waals surface area contributed by atoms with Crippen LogP contribution in [0.5, 0.6) is 11.6 Å². The largest absolute Gasteiger partial charge is 0.436 e. The maximum absolute atomic E-state index is 5.90. The van der Waals surface area contributed by atoms with Gasteiger partial charge in [-0.2, -0.15) is 5.10 Å². The Bertz CT molecular complexity index is 750. The lowest BCUT2D eigenvalue weighted by molar-refractivity contribution is 0.470. The first kappa shape index (κ1) is 11.5. The first-order valence-electron chi connectivity index (χ1n) is 5.82. The van der Waals surface area contributed by atoms with E-state index < -0.39 is 0 Å². The highest BCUT2D eigenvalue weighted by molar-refractivity contribution is 5.80. The number of rotatable bonds is 2. The molecular weight excluding hydrogens is 242 g/mol. The summed E-state index contributed by atoms with van der Waals surface area (Å²) >= 11 is 0. The van der Waals surface area contributed by atoms with E-state index >= 15 is 0 Å². The van der Waals surface area contributed by atoms with E-state index in [2.05, 4.69) is 15.1 Å². The van der Waals surface area contributed by atoms with Gasteiger partial charge in [0.2, 0.25) is 5.88 Å². The van der Waals surface area contributed by atoms with Crippen molar-refractivity contribution in [2.24, 2.45) is 7.05 Å². The van der Waals surface area contributed by atoms with E-state index in [1.807, 2.05) is 32.2 Å². The summed E-state index contributed by atoms with van der Waals surface area (Å²) in [7, 11) is 1.82. The molecule has 0 aliphatic heterocycles. The number of fused-ring (bicyclic) bond motifs is 1. The molecule has 6 nitrogen and oxygen atoms in total. The quantitative estimate of drug-likeness (QED) is 0.709. The Labute approximate surface area is 109 Å². The Morgan fingerprint density at radius 3 is 2.95 bits per heavy atom. The number of hydrogen-bond donors (Lipinski definition) is 1. The number of ether oxygens (including phenoxy) is 1. The first-order chi connectivity index (χ1) is 9.15. The highest BCUT2D eigenvalue weighted by Crippen LogP contribution is 2.30. The summed E-state index contributed by atoms with van der Waals surface area (Å²) in [5, 5.41) is 4.90. The number of aryl methyl sites for hydroxylation is 2. The molecule has 0 saturated heterocycles. The van der Waals surface area contributed by atoms with Gasteiger partial charge in [0, 0.05) is 7.05 Å². The van der Waals surface area contributed by atoms with Gasteiger partial charge < -0.3 is 10.5 Å². The molecule has 3 aromatic rings. The van der Waals surface area contributed by atoms with Crippen molar-refractivity contribution in [3.05, 3.63) is 36.3 Å². The molecule has 0 atom stereocenters. The van der Waals surface area contributed by atoms with Crippen molar-refractivity contribution >= 4 is 16.7 Å². The maximum Gasteiger partial charge on any atom is 0.233 e. The SMILES string of the molecule is Cc1ccc(N)c(Oc2ncnc3c2cnn3C)c1. The Balaban J connectivity index is 2.08. The van der Waals surface area contributed by atoms with E-state index in [-0.39, 0.29) is 0 Å². The fraction of sp³-hybridized carbons (Fsp3) is 0.154. The lowest BCUT2D eigenvalue weighted by Crippen LogP contribution is -1.96. The second kappa shape index (κ2) is 4.24. The molecule has 1 aromatic carbocycles. The van der Waals surface area contributed by atoms with E-state index in [0.29, 0.717) is 17.3 Å². The van der Waals surface area contributed by atoms with Crippen molar-refractivity contribution < 1.29 is 4.74 Å². The van der Waals surface area contributed by atoms with Gasteiger partial charge in [0.25, 0.3) is 0 Å².